The lowest BCUT2D eigenvalue weighted by molar-refractivity contribution is 0.478. The third-order valence-corrected chi connectivity index (χ3v) is 3.39. The molecular formula is C18H23NO. The summed E-state index contributed by atoms with van der Waals surface area (Å²) in [6.07, 6.45) is 0. The maximum absolute atomic E-state index is 5.96. The van der Waals surface area contributed by atoms with Crippen molar-refractivity contribution in [2.45, 2.75) is 33.2 Å². The molecule has 0 heterocycles. The van der Waals surface area contributed by atoms with E-state index in [2.05, 4.69) is 50.4 Å². The minimum Gasteiger partial charge on any atom is -0.457 e. The van der Waals surface area contributed by atoms with Gasteiger partial charge >= 0.3 is 0 Å². The van der Waals surface area contributed by atoms with Gasteiger partial charge in [-0.15, -0.1) is 0 Å². The standard InChI is InChI=1S/C18H23NO/c1-13(2)16-6-8-17(9-7-16)20-18-10-5-15(12-19-4)11-14(18)3/h5-11,13,19H,12H2,1-4H3. The molecule has 0 amide bonds. The second-order valence-electron chi connectivity index (χ2n) is 5.46. The number of ether oxygens (including phenoxy) is 1. The van der Waals surface area contributed by atoms with Crippen LogP contribution in [0.1, 0.15) is 36.5 Å². The molecule has 0 fully saturated rings. The predicted molar refractivity (Wildman–Crippen MR) is 84.5 cm³/mol. The van der Waals surface area contributed by atoms with Crippen LogP contribution in [0.4, 0.5) is 0 Å². The summed E-state index contributed by atoms with van der Waals surface area (Å²) >= 11 is 0. The number of hydrogen-bond acceptors (Lipinski definition) is 2. The maximum Gasteiger partial charge on any atom is 0.130 e. The van der Waals surface area contributed by atoms with Gasteiger partial charge in [-0.2, -0.15) is 0 Å². The predicted octanol–water partition coefficient (Wildman–Crippen LogP) is 4.63. The molecule has 0 spiro atoms. The highest BCUT2D eigenvalue weighted by Crippen LogP contribution is 2.27. The molecule has 2 heteroatoms. The minimum atomic E-state index is 0.548. The summed E-state index contributed by atoms with van der Waals surface area (Å²) in [5, 5.41) is 3.16. The first kappa shape index (κ1) is 14.6. The van der Waals surface area contributed by atoms with Crippen LogP contribution < -0.4 is 10.1 Å². The summed E-state index contributed by atoms with van der Waals surface area (Å²) in [6, 6.07) is 14.6. The summed E-state index contributed by atoms with van der Waals surface area (Å²) in [5.74, 6) is 2.35. The van der Waals surface area contributed by atoms with Gasteiger partial charge in [0, 0.05) is 6.54 Å². The van der Waals surface area contributed by atoms with E-state index in [-0.39, 0.29) is 0 Å². The molecule has 2 rings (SSSR count). The van der Waals surface area contributed by atoms with Crippen molar-refractivity contribution in [1.29, 1.82) is 0 Å². The van der Waals surface area contributed by atoms with Gasteiger partial charge in [-0.25, -0.2) is 0 Å². The summed E-state index contributed by atoms with van der Waals surface area (Å²) in [5.41, 5.74) is 3.76. The molecule has 1 N–H and O–H groups in total. The molecule has 0 aliphatic carbocycles. The monoisotopic (exact) mass is 269 g/mol. The molecule has 106 valence electrons. The number of benzene rings is 2. The second kappa shape index (κ2) is 6.58. The Balaban J connectivity index is 2.13. The van der Waals surface area contributed by atoms with Crippen molar-refractivity contribution < 1.29 is 4.74 Å². The number of hydrogen-bond donors (Lipinski definition) is 1. The molecule has 2 nitrogen and oxygen atoms in total. The average molecular weight is 269 g/mol. The summed E-state index contributed by atoms with van der Waals surface area (Å²) in [4.78, 5) is 0. The lowest BCUT2D eigenvalue weighted by Gasteiger charge is -2.11. The van der Waals surface area contributed by atoms with E-state index in [1.807, 2.05) is 25.2 Å². The van der Waals surface area contributed by atoms with Gasteiger partial charge in [0.25, 0.3) is 0 Å². The van der Waals surface area contributed by atoms with Crippen LogP contribution in [0.5, 0.6) is 11.5 Å². The Kier molecular flexibility index (Phi) is 4.80. The molecule has 0 aromatic heterocycles. The van der Waals surface area contributed by atoms with Crippen molar-refractivity contribution >= 4 is 0 Å². The van der Waals surface area contributed by atoms with Crippen LogP contribution in [0, 0.1) is 6.92 Å². The van der Waals surface area contributed by atoms with Gasteiger partial charge < -0.3 is 10.1 Å². The Labute approximate surface area is 121 Å². The topological polar surface area (TPSA) is 21.3 Å². The molecule has 0 saturated carbocycles. The first-order valence-corrected chi connectivity index (χ1v) is 7.12. The second-order valence-corrected chi connectivity index (χ2v) is 5.46. The Morgan fingerprint density at radius 1 is 1.05 bits per heavy atom. The van der Waals surface area contributed by atoms with Crippen molar-refractivity contribution in [2.75, 3.05) is 7.05 Å². The molecule has 2 aromatic carbocycles. The van der Waals surface area contributed by atoms with Gasteiger partial charge in [-0.1, -0.05) is 38.1 Å². The fourth-order valence-electron chi connectivity index (χ4n) is 2.19. The van der Waals surface area contributed by atoms with Gasteiger partial charge in [0.15, 0.2) is 0 Å². The molecule has 0 aliphatic rings. The molecule has 0 bridgehead atoms. The van der Waals surface area contributed by atoms with E-state index in [1.54, 1.807) is 0 Å². The van der Waals surface area contributed by atoms with E-state index < -0.39 is 0 Å². The Morgan fingerprint density at radius 2 is 1.75 bits per heavy atom. The van der Waals surface area contributed by atoms with Gasteiger partial charge in [0.1, 0.15) is 11.5 Å². The van der Waals surface area contributed by atoms with Crippen LogP contribution in [0.15, 0.2) is 42.5 Å². The molecule has 0 saturated heterocycles. The van der Waals surface area contributed by atoms with E-state index in [9.17, 15) is 0 Å². The van der Waals surface area contributed by atoms with E-state index in [1.165, 1.54) is 11.1 Å². The van der Waals surface area contributed by atoms with Crippen molar-refractivity contribution in [3.63, 3.8) is 0 Å². The molecule has 0 unspecified atom stereocenters. The zero-order valence-corrected chi connectivity index (χ0v) is 12.7. The average Bonchev–Trinajstić information content (AvgIpc) is 2.43. The molecule has 2 aromatic rings. The number of rotatable bonds is 5. The third-order valence-electron chi connectivity index (χ3n) is 3.39. The van der Waals surface area contributed by atoms with Crippen molar-refractivity contribution in [2.24, 2.45) is 0 Å². The quantitative estimate of drug-likeness (QED) is 0.854. The Bertz CT molecular complexity index is 558. The zero-order valence-electron chi connectivity index (χ0n) is 12.7. The van der Waals surface area contributed by atoms with Gasteiger partial charge in [0.2, 0.25) is 0 Å². The Morgan fingerprint density at radius 3 is 2.30 bits per heavy atom. The minimum absolute atomic E-state index is 0.548. The fourth-order valence-corrected chi connectivity index (χ4v) is 2.19. The molecule has 20 heavy (non-hydrogen) atoms. The summed E-state index contributed by atoms with van der Waals surface area (Å²) in [6.45, 7) is 7.35. The molecule has 0 aliphatic heterocycles. The van der Waals surface area contributed by atoms with Crippen LogP contribution in [-0.2, 0) is 6.54 Å². The van der Waals surface area contributed by atoms with Crippen LogP contribution >= 0.6 is 0 Å². The lowest BCUT2D eigenvalue weighted by atomic mass is 10.0. The van der Waals surface area contributed by atoms with Crippen LogP contribution in [0.3, 0.4) is 0 Å². The summed E-state index contributed by atoms with van der Waals surface area (Å²) in [7, 11) is 1.95. The molecule has 0 radical (unpaired) electrons. The van der Waals surface area contributed by atoms with E-state index in [4.69, 9.17) is 4.74 Å². The SMILES string of the molecule is CNCc1ccc(Oc2ccc(C(C)C)cc2)c(C)c1. The van der Waals surface area contributed by atoms with Crippen molar-refractivity contribution in [1.82, 2.24) is 5.32 Å². The van der Waals surface area contributed by atoms with Crippen LogP contribution in [-0.4, -0.2) is 7.05 Å². The smallest absolute Gasteiger partial charge is 0.130 e. The summed E-state index contributed by atoms with van der Waals surface area (Å²) < 4.78 is 5.96. The van der Waals surface area contributed by atoms with Gasteiger partial charge in [-0.3, -0.25) is 0 Å². The highest BCUT2D eigenvalue weighted by atomic mass is 16.5. The van der Waals surface area contributed by atoms with Gasteiger partial charge in [-0.05, 0) is 54.8 Å². The highest BCUT2D eigenvalue weighted by molar-refractivity contribution is 5.40. The normalized spacial score (nSPS) is 10.8. The first-order chi connectivity index (χ1) is 9.60. The molecular weight excluding hydrogens is 246 g/mol. The van der Waals surface area contributed by atoms with Gasteiger partial charge in [0.05, 0.1) is 0 Å². The lowest BCUT2D eigenvalue weighted by Crippen LogP contribution is -2.05. The zero-order chi connectivity index (χ0) is 14.5. The number of aryl methyl sites for hydroxylation is 1. The fraction of sp³-hybridized carbons (Fsp3) is 0.333. The largest absolute Gasteiger partial charge is 0.457 e. The van der Waals surface area contributed by atoms with E-state index >= 15 is 0 Å². The van der Waals surface area contributed by atoms with Crippen LogP contribution in [0.25, 0.3) is 0 Å². The van der Waals surface area contributed by atoms with Crippen LogP contribution in [0.2, 0.25) is 0 Å². The molecule has 0 atom stereocenters. The van der Waals surface area contributed by atoms with E-state index in [0.29, 0.717) is 5.92 Å². The van der Waals surface area contributed by atoms with Crippen molar-refractivity contribution in [3.8, 4) is 11.5 Å². The third kappa shape index (κ3) is 3.61. The highest BCUT2D eigenvalue weighted by Gasteiger charge is 2.04. The van der Waals surface area contributed by atoms with Crippen molar-refractivity contribution in [3.05, 3.63) is 59.2 Å². The maximum atomic E-state index is 5.96. The Hall–Kier alpha value is -1.80. The first-order valence-electron chi connectivity index (χ1n) is 7.12. The number of nitrogens with one attached hydrogen (secondary N) is 1. The van der Waals surface area contributed by atoms with E-state index in [0.717, 1.165) is 23.6 Å².